The predicted octanol–water partition coefficient (Wildman–Crippen LogP) is 2.60. The van der Waals surface area contributed by atoms with E-state index >= 15 is 0 Å². The van der Waals surface area contributed by atoms with Crippen molar-refractivity contribution in [3.05, 3.63) is 46.7 Å². The Morgan fingerprint density at radius 2 is 2.03 bits per heavy atom. The number of aromatic nitrogens is 1. The minimum atomic E-state index is -0.607. The molecule has 1 aromatic heterocycles. The smallest absolute Gasteiger partial charge is 0.260 e. The third kappa shape index (κ3) is 6.08. The lowest BCUT2D eigenvalue weighted by molar-refractivity contribution is -0.131. The molecule has 0 radical (unpaired) electrons. The van der Waals surface area contributed by atoms with Crippen molar-refractivity contribution in [1.29, 1.82) is 0 Å². The molecular weight excluding hydrogens is 395 g/mol. The standard InChI is InChI=1S/C20H23FN4O3S/c21-16-7-4-3-6-15(16)19(28)24-20-23-14(13-29-20)12-17(26)22-9-11-25-10-5-1-2-8-18(25)27/h3-4,6-7,13H,1-2,5,8-12H2,(H,22,26)(H,23,24,28). The molecule has 0 spiro atoms. The Labute approximate surface area is 172 Å². The largest absolute Gasteiger partial charge is 0.354 e. The second-order valence-electron chi connectivity index (χ2n) is 6.80. The fraction of sp³-hybridized carbons (Fsp3) is 0.400. The van der Waals surface area contributed by atoms with Gasteiger partial charge < -0.3 is 10.2 Å². The van der Waals surface area contributed by atoms with Gasteiger partial charge in [0.25, 0.3) is 5.91 Å². The predicted molar refractivity (Wildman–Crippen MR) is 108 cm³/mol. The highest BCUT2D eigenvalue weighted by molar-refractivity contribution is 7.14. The van der Waals surface area contributed by atoms with Gasteiger partial charge >= 0.3 is 0 Å². The number of rotatable bonds is 7. The van der Waals surface area contributed by atoms with Crippen molar-refractivity contribution < 1.29 is 18.8 Å². The fourth-order valence-corrected chi connectivity index (χ4v) is 3.79. The molecule has 1 aliphatic rings. The number of halogens is 1. The van der Waals surface area contributed by atoms with E-state index in [0.29, 0.717) is 30.3 Å². The summed E-state index contributed by atoms with van der Waals surface area (Å²) in [5.41, 5.74) is 0.451. The van der Waals surface area contributed by atoms with Crippen molar-refractivity contribution in [3.63, 3.8) is 0 Å². The zero-order valence-corrected chi connectivity index (χ0v) is 16.8. The van der Waals surface area contributed by atoms with Gasteiger partial charge in [0.05, 0.1) is 17.7 Å². The van der Waals surface area contributed by atoms with Crippen LogP contribution in [0.5, 0.6) is 0 Å². The van der Waals surface area contributed by atoms with Crippen LogP contribution in [-0.2, 0) is 16.0 Å². The number of carbonyl (C=O) groups is 3. The number of thiazole rings is 1. The Morgan fingerprint density at radius 3 is 2.86 bits per heavy atom. The van der Waals surface area contributed by atoms with Gasteiger partial charge in [-0.2, -0.15) is 0 Å². The summed E-state index contributed by atoms with van der Waals surface area (Å²) in [6.45, 7) is 1.64. The molecule has 0 aliphatic carbocycles. The Morgan fingerprint density at radius 1 is 1.21 bits per heavy atom. The van der Waals surface area contributed by atoms with Crippen molar-refractivity contribution in [2.45, 2.75) is 32.1 Å². The first kappa shape index (κ1) is 20.9. The number of hydrogen-bond acceptors (Lipinski definition) is 5. The van der Waals surface area contributed by atoms with Crippen LogP contribution in [0.3, 0.4) is 0 Å². The van der Waals surface area contributed by atoms with E-state index in [0.717, 1.165) is 25.8 Å². The van der Waals surface area contributed by atoms with E-state index in [-0.39, 0.29) is 23.8 Å². The SMILES string of the molecule is O=C(Cc1csc(NC(=O)c2ccccc2F)n1)NCCN1CCCCCC1=O. The quantitative estimate of drug-likeness (QED) is 0.723. The maximum absolute atomic E-state index is 13.7. The lowest BCUT2D eigenvalue weighted by atomic mass is 10.2. The van der Waals surface area contributed by atoms with Gasteiger partial charge in [0.15, 0.2) is 5.13 Å². The number of hydrogen-bond donors (Lipinski definition) is 2. The number of nitrogens with zero attached hydrogens (tertiary/aromatic N) is 2. The number of amides is 3. The molecule has 3 amide bonds. The summed E-state index contributed by atoms with van der Waals surface area (Å²) >= 11 is 1.17. The molecule has 9 heteroatoms. The maximum Gasteiger partial charge on any atom is 0.260 e. The molecular formula is C20H23FN4O3S. The normalized spacial score (nSPS) is 14.4. The van der Waals surface area contributed by atoms with Crippen molar-refractivity contribution in [1.82, 2.24) is 15.2 Å². The highest BCUT2D eigenvalue weighted by atomic mass is 32.1. The zero-order valence-electron chi connectivity index (χ0n) is 15.9. The Bertz CT molecular complexity index is 886. The second-order valence-corrected chi connectivity index (χ2v) is 7.65. The van der Waals surface area contributed by atoms with E-state index in [1.165, 1.54) is 29.5 Å². The van der Waals surface area contributed by atoms with Crippen LogP contribution < -0.4 is 10.6 Å². The van der Waals surface area contributed by atoms with Crippen molar-refractivity contribution in [2.75, 3.05) is 25.0 Å². The van der Waals surface area contributed by atoms with E-state index < -0.39 is 11.7 Å². The van der Waals surface area contributed by atoms with Crippen molar-refractivity contribution in [2.24, 2.45) is 0 Å². The molecule has 7 nitrogen and oxygen atoms in total. The second kappa shape index (κ2) is 10.1. The average molecular weight is 418 g/mol. The maximum atomic E-state index is 13.7. The van der Waals surface area contributed by atoms with Crippen LogP contribution in [0.4, 0.5) is 9.52 Å². The summed E-state index contributed by atoms with van der Waals surface area (Å²) in [5.74, 6) is -1.25. The number of carbonyl (C=O) groups excluding carboxylic acids is 3. The number of benzene rings is 1. The summed E-state index contributed by atoms with van der Waals surface area (Å²) in [4.78, 5) is 42.2. The first-order valence-corrected chi connectivity index (χ1v) is 10.5. The third-order valence-electron chi connectivity index (χ3n) is 4.61. The van der Waals surface area contributed by atoms with E-state index in [4.69, 9.17) is 0 Å². The topological polar surface area (TPSA) is 91.4 Å². The van der Waals surface area contributed by atoms with Gasteiger partial charge in [0.1, 0.15) is 5.82 Å². The number of nitrogens with one attached hydrogen (secondary N) is 2. The molecule has 154 valence electrons. The molecule has 1 aromatic carbocycles. The van der Waals surface area contributed by atoms with Crippen molar-refractivity contribution in [3.8, 4) is 0 Å². The van der Waals surface area contributed by atoms with Gasteiger partial charge in [0.2, 0.25) is 11.8 Å². The summed E-state index contributed by atoms with van der Waals surface area (Å²) in [6, 6.07) is 5.69. The van der Waals surface area contributed by atoms with Gasteiger partial charge in [-0.25, -0.2) is 9.37 Å². The first-order chi connectivity index (χ1) is 14.0. The summed E-state index contributed by atoms with van der Waals surface area (Å²) in [7, 11) is 0. The molecule has 29 heavy (non-hydrogen) atoms. The van der Waals surface area contributed by atoms with Crippen LogP contribution >= 0.6 is 11.3 Å². The third-order valence-corrected chi connectivity index (χ3v) is 5.41. The Kier molecular flexibility index (Phi) is 7.29. The molecule has 2 N–H and O–H groups in total. The highest BCUT2D eigenvalue weighted by Crippen LogP contribution is 2.18. The number of anilines is 1. The van der Waals surface area contributed by atoms with E-state index in [1.54, 1.807) is 16.3 Å². The molecule has 1 aliphatic heterocycles. The molecule has 0 unspecified atom stereocenters. The lowest BCUT2D eigenvalue weighted by Crippen LogP contribution is -2.38. The molecule has 2 aromatic rings. The van der Waals surface area contributed by atoms with Crippen LogP contribution in [0, 0.1) is 5.82 Å². The summed E-state index contributed by atoms with van der Waals surface area (Å²) < 4.78 is 13.7. The highest BCUT2D eigenvalue weighted by Gasteiger charge is 2.17. The Hall–Kier alpha value is -2.81. The van der Waals surface area contributed by atoms with Crippen LogP contribution in [0.25, 0.3) is 0 Å². The molecule has 3 rings (SSSR count). The van der Waals surface area contributed by atoms with Crippen LogP contribution in [0.2, 0.25) is 0 Å². The van der Waals surface area contributed by atoms with Gasteiger partial charge in [-0.05, 0) is 25.0 Å². The van der Waals surface area contributed by atoms with Crippen LogP contribution in [0.1, 0.15) is 41.7 Å². The minimum Gasteiger partial charge on any atom is -0.354 e. The summed E-state index contributed by atoms with van der Waals surface area (Å²) in [6.07, 6.45) is 3.64. The molecule has 2 heterocycles. The molecule has 0 saturated carbocycles. The monoisotopic (exact) mass is 418 g/mol. The fourth-order valence-electron chi connectivity index (χ4n) is 3.09. The van der Waals surface area contributed by atoms with Crippen molar-refractivity contribution >= 4 is 34.2 Å². The van der Waals surface area contributed by atoms with Crippen LogP contribution in [-0.4, -0.2) is 47.2 Å². The average Bonchev–Trinajstić information content (AvgIpc) is 3.02. The van der Waals surface area contributed by atoms with E-state index in [9.17, 15) is 18.8 Å². The minimum absolute atomic E-state index is 0.0648. The van der Waals surface area contributed by atoms with E-state index in [1.807, 2.05) is 0 Å². The molecule has 0 bridgehead atoms. The molecule has 1 fully saturated rings. The lowest BCUT2D eigenvalue weighted by Gasteiger charge is -2.20. The van der Waals surface area contributed by atoms with Gasteiger partial charge in [-0.1, -0.05) is 18.6 Å². The molecule has 1 saturated heterocycles. The molecule has 0 atom stereocenters. The van der Waals surface area contributed by atoms with Crippen LogP contribution in [0.15, 0.2) is 29.6 Å². The first-order valence-electron chi connectivity index (χ1n) is 9.57. The summed E-state index contributed by atoms with van der Waals surface area (Å²) in [5, 5.41) is 7.32. The van der Waals surface area contributed by atoms with Gasteiger partial charge in [-0.3, -0.25) is 19.7 Å². The number of likely N-dealkylation sites (tertiary alicyclic amines) is 1. The zero-order chi connectivity index (χ0) is 20.6. The Balaban J connectivity index is 1.44. The van der Waals surface area contributed by atoms with E-state index in [2.05, 4.69) is 15.6 Å². The van der Waals surface area contributed by atoms with Gasteiger partial charge in [-0.15, -0.1) is 11.3 Å². The van der Waals surface area contributed by atoms with Gasteiger partial charge in [0, 0.05) is 31.4 Å².